The van der Waals surface area contributed by atoms with E-state index in [1.165, 1.54) is 11.1 Å². The van der Waals surface area contributed by atoms with Crippen molar-refractivity contribution in [2.24, 2.45) is 0 Å². The molecule has 1 aromatic carbocycles. The van der Waals surface area contributed by atoms with Crippen molar-refractivity contribution in [2.45, 2.75) is 50.9 Å². The topological polar surface area (TPSA) is 70.2 Å². The molecule has 0 aromatic heterocycles. The molecule has 2 unspecified atom stereocenters. The van der Waals surface area contributed by atoms with Crippen LogP contribution in [0, 0.1) is 0 Å². The van der Waals surface area contributed by atoms with Crippen molar-refractivity contribution in [1.29, 1.82) is 0 Å². The van der Waals surface area contributed by atoms with Gasteiger partial charge in [0, 0.05) is 12.6 Å². The van der Waals surface area contributed by atoms with Crippen LogP contribution >= 0.6 is 0 Å². The van der Waals surface area contributed by atoms with Crippen LogP contribution in [0.15, 0.2) is 24.3 Å². The van der Waals surface area contributed by atoms with E-state index < -0.39 is 6.04 Å². The van der Waals surface area contributed by atoms with E-state index in [1.54, 1.807) is 6.92 Å². The van der Waals surface area contributed by atoms with Crippen LogP contribution in [0.4, 0.5) is 0 Å². The summed E-state index contributed by atoms with van der Waals surface area (Å²) in [5.74, 6) is -0.204. The van der Waals surface area contributed by atoms with Gasteiger partial charge >= 0.3 is 0 Å². The third kappa shape index (κ3) is 3.42. The number of amides is 2. The smallest absolute Gasteiger partial charge is 0.242 e. The van der Waals surface area contributed by atoms with Gasteiger partial charge in [0.1, 0.15) is 6.04 Å². The highest BCUT2D eigenvalue weighted by molar-refractivity contribution is 5.90. The number of carbonyl (C=O) groups is 2. The van der Waals surface area contributed by atoms with Gasteiger partial charge in [-0.15, -0.1) is 0 Å². The average Bonchev–Trinajstić information content (AvgIpc) is 3.30. The van der Waals surface area contributed by atoms with E-state index in [0.29, 0.717) is 19.0 Å². The SMILES string of the molecule is CC(NC(=O)C1Cc2ccccc2CN1)C(=O)NC1CC1. The van der Waals surface area contributed by atoms with Crippen LogP contribution in [0.5, 0.6) is 0 Å². The van der Waals surface area contributed by atoms with Crippen molar-refractivity contribution in [2.75, 3.05) is 0 Å². The van der Waals surface area contributed by atoms with Crippen molar-refractivity contribution < 1.29 is 9.59 Å². The second-order valence-corrected chi connectivity index (χ2v) is 5.92. The minimum Gasteiger partial charge on any atom is -0.352 e. The Morgan fingerprint density at radius 3 is 2.67 bits per heavy atom. The summed E-state index contributed by atoms with van der Waals surface area (Å²) in [6.45, 7) is 2.42. The lowest BCUT2D eigenvalue weighted by atomic mass is 9.95. The summed E-state index contributed by atoms with van der Waals surface area (Å²) >= 11 is 0. The molecule has 0 bridgehead atoms. The molecule has 0 radical (unpaired) electrons. The molecule has 112 valence electrons. The average molecular weight is 287 g/mol. The van der Waals surface area contributed by atoms with Gasteiger partial charge in [0.25, 0.3) is 0 Å². The van der Waals surface area contributed by atoms with E-state index >= 15 is 0 Å². The first-order valence-corrected chi connectivity index (χ1v) is 7.54. The monoisotopic (exact) mass is 287 g/mol. The molecule has 2 aliphatic rings. The Kier molecular flexibility index (Phi) is 3.92. The number of fused-ring (bicyclic) bond motifs is 1. The first-order valence-electron chi connectivity index (χ1n) is 7.54. The van der Waals surface area contributed by atoms with Gasteiger partial charge in [0.2, 0.25) is 11.8 Å². The normalized spacial score (nSPS) is 22.0. The molecule has 0 spiro atoms. The lowest BCUT2D eigenvalue weighted by Crippen LogP contribution is -2.53. The predicted molar refractivity (Wildman–Crippen MR) is 79.5 cm³/mol. The number of hydrogen-bond donors (Lipinski definition) is 3. The van der Waals surface area contributed by atoms with Crippen LogP contribution in [-0.2, 0) is 22.6 Å². The summed E-state index contributed by atoms with van der Waals surface area (Å²) in [7, 11) is 0. The van der Waals surface area contributed by atoms with Crippen LogP contribution in [0.3, 0.4) is 0 Å². The molecule has 1 saturated carbocycles. The highest BCUT2D eigenvalue weighted by atomic mass is 16.2. The first kappa shape index (κ1) is 14.1. The summed E-state index contributed by atoms with van der Waals surface area (Å²) in [5, 5.41) is 8.93. The molecule has 1 aliphatic heterocycles. The molecular formula is C16H21N3O2. The Labute approximate surface area is 124 Å². The molecule has 3 N–H and O–H groups in total. The van der Waals surface area contributed by atoms with Gasteiger partial charge < -0.3 is 16.0 Å². The maximum Gasteiger partial charge on any atom is 0.242 e. The Morgan fingerprint density at radius 2 is 1.95 bits per heavy atom. The maximum absolute atomic E-state index is 12.3. The summed E-state index contributed by atoms with van der Waals surface area (Å²) in [6.07, 6.45) is 2.76. The Hall–Kier alpha value is -1.88. The highest BCUT2D eigenvalue weighted by Crippen LogP contribution is 2.19. The van der Waals surface area contributed by atoms with E-state index in [0.717, 1.165) is 12.8 Å². The zero-order chi connectivity index (χ0) is 14.8. The molecule has 5 nitrogen and oxygen atoms in total. The second kappa shape index (κ2) is 5.85. The summed E-state index contributed by atoms with van der Waals surface area (Å²) in [6, 6.07) is 7.68. The minimum absolute atomic E-state index is 0.0953. The summed E-state index contributed by atoms with van der Waals surface area (Å²) in [4.78, 5) is 24.1. The van der Waals surface area contributed by atoms with Gasteiger partial charge in [-0.25, -0.2) is 0 Å². The quantitative estimate of drug-likeness (QED) is 0.754. The van der Waals surface area contributed by atoms with Gasteiger partial charge in [-0.3, -0.25) is 9.59 Å². The number of nitrogens with one attached hydrogen (secondary N) is 3. The number of rotatable bonds is 4. The van der Waals surface area contributed by atoms with Crippen LogP contribution in [0.1, 0.15) is 30.9 Å². The molecule has 1 aromatic rings. The fraction of sp³-hybridized carbons (Fsp3) is 0.500. The van der Waals surface area contributed by atoms with E-state index in [2.05, 4.69) is 28.1 Å². The van der Waals surface area contributed by atoms with E-state index in [-0.39, 0.29) is 17.9 Å². The lowest BCUT2D eigenvalue weighted by molar-refractivity contribution is -0.129. The number of hydrogen-bond acceptors (Lipinski definition) is 3. The Morgan fingerprint density at radius 1 is 1.24 bits per heavy atom. The van der Waals surface area contributed by atoms with Crippen molar-refractivity contribution in [3.05, 3.63) is 35.4 Å². The summed E-state index contributed by atoms with van der Waals surface area (Å²) < 4.78 is 0. The van der Waals surface area contributed by atoms with Crippen molar-refractivity contribution in [1.82, 2.24) is 16.0 Å². The zero-order valence-corrected chi connectivity index (χ0v) is 12.2. The molecule has 21 heavy (non-hydrogen) atoms. The minimum atomic E-state index is -0.489. The lowest BCUT2D eigenvalue weighted by Gasteiger charge is -2.26. The third-order valence-electron chi connectivity index (χ3n) is 4.07. The molecule has 2 atom stereocenters. The molecule has 2 amide bonds. The highest BCUT2D eigenvalue weighted by Gasteiger charge is 2.29. The van der Waals surface area contributed by atoms with Crippen LogP contribution in [0.25, 0.3) is 0 Å². The second-order valence-electron chi connectivity index (χ2n) is 5.92. The predicted octanol–water partition coefficient (Wildman–Crippen LogP) is 0.484. The van der Waals surface area contributed by atoms with E-state index in [1.807, 2.05) is 12.1 Å². The van der Waals surface area contributed by atoms with Crippen LogP contribution in [0.2, 0.25) is 0 Å². The molecule has 5 heteroatoms. The Bertz CT molecular complexity index is 554. The largest absolute Gasteiger partial charge is 0.352 e. The molecular weight excluding hydrogens is 266 g/mol. The Balaban J connectivity index is 1.55. The molecule has 1 fully saturated rings. The van der Waals surface area contributed by atoms with Gasteiger partial charge in [0.05, 0.1) is 6.04 Å². The zero-order valence-electron chi connectivity index (χ0n) is 12.2. The molecule has 1 heterocycles. The van der Waals surface area contributed by atoms with Gasteiger partial charge in [-0.1, -0.05) is 24.3 Å². The maximum atomic E-state index is 12.3. The molecule has 3 rings (SSSR count). The first-order chi connectivity index (χ1) is 10.1. The van der Waals surface area contributed by atoms with E-state index in [9.17, 15) is 9.59 Å². The molecule has 0 saturated heterocycles. The fourth-order valence-corrected chi connectivity index (χ4v) is 2.57. The number of carbonyl (C=O) groups excluding carboxylic acids is 2. The van der Waals surface area contributed by atoms with E-state index in [4.69, 9.17) is 0 Å². The molecule has 1 aliphatic carbocycles. The summed E-state index contributed by atoms with van der Waals surface area (Å²) in [5.41, 5.74) is 2.44. The fourth-order valence-electron chi connectivity index (χ4n) is 2.57. The van der Waals surface area contributed by atoms with Gasteiger partial charge in [-0.2, -0.15) is 0 Å². The van der Waals surface area contributed by atoms with Crippen molar-refractivity contribution in [3.63, 3.8) is 0 Å². The standard InChI is InChI=1S/C16H21N3O2/c1-10(15(20)19-13-6-7-13)18-16(21)14-8-11-4-2-3-5-12(11)9-17-14/h2-5,10,13-14,17H,6-9H2,1H3,(H,18,21)(H,19,20). The van der Waals surface area contributed by atoms with Crippen LogP contribution < -0.4 is 16.0 Å². The van der Waals surface area contributed by atoms with Crippen molar-refractivity contribution >= 4 is 11.8 Å². The number of benzene rings is 1. The van der Waals surface area contributed by atoms with Crippen molar-refractivity contribution in [3.8, 4) is 0 Å². The third-order valence-corrected chi connectivity index (χ3v) is 4.07. The van der Waals surface area contributed by atoms with Gasteiger partial charge in [-0.05, 0) is 37.3 Å². The van der Waals surface area contributed by atoms with Gasteiger partial charge in [0.15, 0.2) is 0 Å². The van der Waals surface area contributed by atoms with Crippen LogP contribution in [-0.4, -0.2) is 29.9 Å².